The van der Waals surface area contributed by atoms with Gasteiger partial charge in [-0.05, 0) is 23.5 Å². The van der Waals surface area contributed by atoms with Crippen LogP contribution in [0.5, 0.6) is 0 Å². The van der Waals surface area contributed by atoms with Crippen molar-refractivity contribution in [1.82, 2.24) is 0 Å². The molecule has 0 heterocycles. The second kappa shape index (κ2) is 4.66. The van der Waals surface area contributed by atoms with Crippen molar-refractivity contribution in [3.8, 4) is 0 Å². The van der Waals surface area contributed by atoms with Crippen LogP contribution >= 0.6 is 0 Å². The van der Waals surface area contributed by atoms with Crippen molar-refractivity contribution in [2.45, 2.75) is 13.3 Å². The van der Waals surface area contributed by atoms with Gasteiger partial charge in [0.1, 0.15) is 0 Å². The van der Waals surface area contributed by atoms with Gasteiger partial charge in [0.2, 0.25) is 0 Å². The molecular formula is C13H16. The summed E-state index contributed by atoms with van der Waals surface area (Å²) < 4.78 is 0. The highest BCUT2D eigenvalue weighted by Crippen LogP contribution is 2.21. The number of hydrogen-bond acceptors (Lipinski definition) is 0. The van der Waals surface area contributed by atoms with Gasteiger partial charge < -0.3 is 0 Å². The van der Waals surface area contributed by atoms with Gasteiger partial charge in [-0.2, -0.15) is 0 Å². The molecule has 0 saturated carbocycles. The summed E-state index contributed by atoms with van der Waals surface area (Å²) in [6, 6.07) is 0. The zero-order chi connectivity index (χ0) is 9.68. The van der Waals surface area contributed by atoms with E-state index in [0.29, 0.717) is 5.92 Å². The Balaban J connectivity index is 2.71. The monoisotopic (exact) mass is 172 g/mol. The maximum Gasteiger partial charge on any atom is -0.0218 e. The average molecular weight is 172 g/mol. The molecule has 1 unspecified atom stereocenters. The highest BCUT2D eigenvalue weighted by atomic mass is 14.1. The first-order chi connectivity index (χ1) is 6.24. The topological polar surface area (TPSA) is 0 Å². The van der Waals surface area contributed by atoms with Crippen molar-refractivity contribution in [2.24, 2.45) is 5.92 Å². The number of rotatable bonds is 3. The minimum absolute atomic E-state index is 0.633. The second-order valence-corrected chi connectivity index (χ2v) is 3.36. The molecule has 0 N–H and O–H groups in total. The number of allylic oxidation sites excluding steroid dienone is 8. The Morgan fingerprint density at radius 1 is 1.62 bits per heavy atom. The van der Waals surface area contributed by atoms with Crippen molar-refractivity contribution in [3.63, 3.8) is 0 Å². The van der Waals surface area contributed by atoms with E-state index in [2.05, 4.69) is 38.3 Å². The Bertz CT molecular complexity index is 287. The standard InChI is InChI=1S/C13H16/c1-4-5-8-12(3)13-9-6-7-11(2)10-13/h4-6,8-11H,1,3,7H2,2H3/b8-5-. The summed E-state index contributed by atoms with van der Waals surface area (Å²) in [6.45, 7) is 9.84. The molecule has 68 valence electrons. The Morgan fingerprint density at radius 3 is 3.00 bits per heavy atom. The normalized spacial score (nSPS) is 21.6. The Hall–Kier alpha value is -1.30. The van der Waals surface area contributed by atoms with Crippen LogP contribution in [0.2, 0.25) is 0 Å². The van der Waals surface area contributed by atoms with Gasteiger partial charge in [0.05, 0.1) is 0 Å². The van der Waals surface area contributed by atoms with Crippen molar-refractivity contribution in [1.29, 1.82) is 0 Å². The summed E-state index contributed by atoms with van der Waals surface area (Å²) in [5.41, 5.74) is 2.29. The molecule has 0 radical (unpaired) electrons. The van der Waals surface area contributed by atoms with Gasteiger partial charge in [0.25, 0.3) is 0 Å². The summed E-state index contributed by atoms with van der Waals surface area (Å²) in [7, 11) is 0. The maximum atomic E-state index is 4.00. The SMILES string of the molecule is C=C/C=C\C(=C)C1=CC(C)CC=C1. The van der Waals surface area contributed by atoms with Crippen molar-refractivity contribution >= 4 is 0 Å². The minimum Gasteiger partial charge on any atom is -0.0991 e. The van der Waals surface area contributed by atoms with Gasteiger partial charge in [-0.25, -0.2) is 0 Å². The first kappa shape index (κ1) is 9.79. The molecule has 0 bridgehead atoms. The van der Waals surface area contributed by atoms with Crippen LogP contribution in [-0.4, -0.2) is 0 Å². The summed E-state index contributed by atoms with van der Waals surface area (Å²) in [6.07, 6.45) is 13.4. The molecule has 1 aliphatic rings. The van der Waals surface area contributed by atoms with Gasteiger partial charge in [0.15, 0.2) is 0 Å². The van der Waals surface area contributed by atoms with E-state index >= 15 is 0 Å². The molecule has 0 saturated heterocycles. The Morgan fingerprint density at radius 2 is 2.38 bits per heavy atom. The molecule has 0 amide bonds. The molecule has 0 aromatic carbocycles. The highest BCUT2D eigenvalue weighted by Gasteiger charge is 2.04. The molecular weight excluding hydrogens is 156 g/mol. The quantitative estimate of drug-likeness (QED) is 0.568. The van der Waals surface area contributed by atoms with Crippen LogP contribution in [0.1, 0.15) is 13.3 Å². The molecule has 0 aromatic heterocycles. The molecule has 1 atom stereocenters. The van der Waals surface area contributed by atoms with Gasteiger partial charge in [-0.15, -0.1) is 0 Å². The average Bonchev–Trinajstić information content (AvgIpc) is 2.14. The van der Waals surface area contributed by atoms with Crippen LogP contribution in [0.3, 0.4) is 0 Å². The third kappa shape index (κ3) is 2.90. The van der Waals surface area contributed by atoms with Crippen molar-refractivity contribution in [2.75, 3.05) is 0 Å². The maximum absolute atomic E-state index is 4.00. The van der Waals surface area contributed by atoms with Crippen LogP contribution in [-0.2, 0) is 0 Å². The van der Waals surface area contributed by atoms with Crippen LogP contribution in [0.15, 0.2) is 60.8 Å². The second-order valence-electron chi connectivity index (χ2n) is 3.36. The van der Waals surface area contributed by atoms with E-state index in [1.54, 1.807) is 6.08 Å². The van der Waals surface area contributed by atoms with Gasteiger partial charge in [-0.3, -0.25) is 0 Å². The predicted octanol–water partition coefficient (Wildman–Crippen LogP) is 3.81. The fourth-order valence-electron chi connectivity index (χ4n) is 1.33. The van der Waals surface area contributed by atoms with Crippen molar-refractivity contribution < 1.29 is 0 Å². The van der Waals surface area contributed by atoms with Crippen molar-refractivity contribution in [3.05, 3.63) is 60.8 Å². The molecule has 0 heteroatoms. The molecule has 0 nitrogen and oxygen atoms in total. The predicted molar refractivity (Wildman–Crippen MR) is 59.5 cm³/mol. The molecule has 0 fully saturated rings. The lowest BCUT2D eigenvalue weighted by atomic mass is 9.94. The lowest BCUT2D eigenvalue weighted by molar-refractivity contribution is 0.731. The first-order valence-electron chi connectivity index (χ1n) is 4.61. The minimum atomic E-state index is 0.633. The van der Waals surface area contributed by atoms with Gasteiger partial charge >= 0.3 is 0 Å². The van der Waals surface area contributed by atoms with Gasteiger partial charge in [0, 0.05) is 0 Å². The van der Waals surface area contributed by atoms with Crippen LogP contribution in [0.4, 0.5) is 0 Å². The third-order valence-corrected chi connectivity index (χ3v) is 2.07. The fraction of sp³-hybridized carbons (Fsp3) is 0.231. The van der Waals surface area contributed by atoms with E-state index < -0.39 is 0 Å². The first-order valence-corrected chi connectivity index (χ1v) is 4.61. The molecule has 13 heavy (non-hydrogen) atoms. The largest absolute Gasteiger partial charge is 0.0991 e. The smallest absolute Gasteiger partial charge is 0.0218 e. The summed E-state index contributed by atoms with van der Waals surface area (Å²) >= 11 is 0. The zero-order valence-corrected chi connectivity index (χ0v) is 8.16. The fourth-order valence-corrected chi connectivity index (χ4v) is 1.33. The third-order valence-electron chi connectivity index (χ3n) is 2.07. The molecule has 0 aliphatic heterocycles. The van der Waals surface area contributed by atoms with Crippen LogP contribution in [0.25, 0.3) is 0 Å². The van der Waals surface area contributed by atoms with E-state index in [1.807, 2.05) is 12.2 Å². The van der Waals surface area contributed by atoms with E-state index in [0.717, 1.165) is 12.0 Å². The summed E-state index contributed by atoms with van der Waals surface area (Å²) in [4.78, 5) is 0. The molecule has 0 aromatic rings. The van der Waals surface area contributed by atoms with E-state index in [1.165, 1.54) is 5.57 Å². The van der Waals surface area contributed by atoms with Gasteiger partial charge in [-0.1, -0.05) is 56.5 Å². The molecule has 1 rings (SSSR count). The van der Waals surface area contributed by atoms with Crippen LogP contribution in [0, 0.1) is 5.92 Å². The van der Waals surface area contributed by atoms with E-state index in [9.17, 15) is 0 Å². The zero-order valence-electron chi connectivity index (χ0n) is 8.16. The Kier molecular flexibility index (Phi) is 3.51. The van der Waals surface area contributed by atoms with E-state index in [-0.39, 0.29) is 0 Å². The number of hydrogen-bond donors (Lipinski definition) is 0. The lowest BCUT2D eigenvalue weighted by Gasteiger charge is -2.11. The van der Waals surface area contributed by atoms with E-state index in [4.69, 9.17) is 0 Å². The molecule has 1 aliphatic carbocycles. The summed E-state index contributed by atoms with van der Waals surface area (Å²) in [5.74, 6) is 0.633. The lowest BCUT2D eigenvalue weighted by Crippen LogP contribution is -1.95. The van der Waals surface area contributed by atoms with Crippen LogP contribution < -0.4 is 0 Å². The molecule has 0 spiro atoms. The summed E-state index contributed by atoms with van der Waals surface area (Å²) in [5, 5.41) is 0. The highest BCUT2D eigenvalue weighted by molar-refractivity contribution is 5.46. The Labute approximate surface area is 80.7 Å².